The molecule has 2 heterocycles. The minimum Gasteiger partial charge on any atom is -0.367 e. The highest BCUT2D eigenvalue weighted by atomic mass is 15.2. The number of benzene rings is 1. The Hall–Kier alpha value is -3.21. The Labute approximate surface area is 212 Å². The highest BCUT2D eigenvalue weighted by Gasteiger charge is 2.17. The van der Waals surface area contributed by atoms with Crippen molar-refractivity contribution in [2.75, 3.05) is 12.4 Å². The maximum atomic E-state index is 5.09. The number of allylic oxidation sites excluding steroid dienone is 2. The number of hydrogen-bond donors (Lipinski definition) is 1. The third kappa shape index (κ3) is 7.64. The first-order valence-electron chi connectivity index (χ1n) is 13.1. The van der Waals surface area contributed by atoms with Crippen LogP contribution in [0.25, 0.3) is 28.0 Å². The first-order chi connectivity index (χ1) is 17.2. The van der Waals surface area contributed by atoms with Crippen molar-refractivity contribution in [3.8, 4) is 22.4 Å². The van der Waals surface area contributed by atoms with Crippen molar-refractivity contribution >= 4 is 17.6 Å². The molecule has 1 aliphatic rings. The lowest BCUT2D eigenvalue weighted by atomic mass is 9.95. The van der Waals surface area contributed by atoms with Gasteiger partial charge in [0.05, 0.1) is 11.9 Å². The maximum absolute atomic E-state index is 5.09. The molecule has 0 bridgehead atoms. The molecule has 5 heteroatoms. The third-order valence-electron chi connectivity index (χ3n) is 5.93. The number of rotatable bonds is 6. The summed E-state index contributed by atoms with van der Waals surface area (Å²) in [6.07, 6.45) is 14.2. The summed E-state index contributed by atoms with van der Waals surface area (Å²) in [4.78, 5) is 9.34. The second-order valence-corrected chi connectivity index (χ2v) is 8.19. The van der Waals surface area contributed by atoms with Gasteiger partial charge in [0.1, 0.15) is 5.82 Å². The Morgan fingerprint density at radius 2 is 1.71 bits per heavy atom. The van der Waals surface area contributed by atoms with Gasteiger partial charge in [-0.1, -0.05) is 71.2 Å². The van der Waals surface area contributed by atoms with E-state index in [9.17, 15) is 0 Å². The molecule has 4 rings (SSSR count). The Kier molecular flexibility index (Phi) is 12.0. The van der Waals surface area contributed by atoms with Crippen LogP contribution in [0.3, 0.4) is 0 Å². The van der Waals surface area contributed by atoms with Crippen LogP contribution in [0.1, 0.15) is 72.3 Å². The van der Waals surface area contributed by atoms with Gasteiger partial charge in [0, 0.05) is 49.2 Å². The second kappa shape index (κ2) is 14.9. The van der Waals surface area contributed by atoms with Gasteiger partial charge < -0.3 is 5.32 Å². The van der Waals surface area contributed by atoms with Crippen LogP contribution in [-0.2, 0) is 7.05 Å². The van der Waals surface area contributed by atoms with Gasteiger partial charge in [-0.3, -0.25) is 9.67 Å². The summed E-state index contributed by atoms with van der Waals surface area (Å²) in [6, 6.07) is 13.3. The summed E-state index contributed by atoms with van der Waals surface area (Å²) >= 11 is 0. The number of nitrogens with zero attached hydrogens (tertiary/aromatic N) is 4. The molecule has 3 aromatic rings. The van der Waals surface area contributed by atoms with Gasteiger partial charge in [-0.2, -0.15) is 5.10 Å². The van der Waals surface area contributed by atoms with Crippen LogP contribution in [0.5, 0.6) is 0 Å². The molecule has 188 valence electrons. The lowest BCUT2D eigenvalue weighted by molar-refractivity contribution is 0.462. The van der Waals surface area contributed by atoms with E-state index in [-0.39, 0.29) is 0 Å². The molecule has 0 radical (unpaired) electrons. The standard InChI is InChI=1S/C26H31N5.2C2H6/c1-4-19(16-27-2)24-13-14-25(30-26(24)29-23-11-6-5-7-12-23)21-10-8-9-20(15-21)22-17-28-31(3)18-22;2*1-2/h4,8-10,13-18,23H,5-7,11-12H2,1-3H3,(H,29,30);2*1-2H3/b19-4+,27-16?;;. The Bertz CT molecular complexity index is 1090. The SMILES string of the molecule is C/C=C(\C=NC)c1ccc(-c2cccc(-c3cnn(C)c3)c2)nc1NC1CCCCC1.CC.CC. The van der Waals surface area contributed by atoms with E-state index in [1.807, 2.05) is 72.0 Å². The largest absolute Gasteiger partial charge is 0.367 e. The van der Waals surface area contributed by atoms with Crippen LogP contribution in [0.4, 0.5) is 5.82 Å². The van der Waals surface area contributed by atoms with Gasteiger partial charge >= 0.3 is 0 Å². The first kappa shape index (κ1) is 28.0. The van der Waals surface area contributed by atoms with Crippen molar-refractivity contribution in [3.63, 3.8) is 0 Å². The van der Waals surface area contributed by atoms with Crippen LogP contribution in [0.2, 0.25) is 0 Å². The monoisotopic (exact) mass is 473 g/mol. The van der Waals surface area contributed by atoms with E-state index in [1.54, 1.807) is 0 Å². The summed E-state index contributed by atoms with van der Waals surface area (Å²) in [5, 5.41) is 8.06. The molecule has 5 nitrogen and oxygen atoms in total. The van der Waals surface area contributed by atoms with E-state index in [2.05, 4.69) is 57.9 Å². The zero-order valence-electron chi connectivity index (χ0n) is 22.7. The number of aliphatic imine (C=N–C) groups is 1. The molecule has 0 aliphatic heterocycles. The molecule has 1 saturated carbocycles. The molecule has 1 aromatic carbocycles. The van der Waals surface area contributed by atoms with E-state index in [1.165, 1.54) is 32.1 Å². The summed E-state index contributed by atoms with van der Waals surface area (Å²) in [6.45, 7) is 10.0. The predicted octanol–water partition coefficient (Wildman–Crippen LogP) is 8.05. The summed E-state index contributed by atoms with van der Waals surface area (Å²) in [5.41, 5.74) is 6.51. The van der Waals surface area contributed by atoms with E-state index >= 15 is 0 Å². The van der Waals surface area contributed by atoms with Gasteiger partial charge in [-0.15, -0.1) is 0 Å². The van der Waals surface area contributed by atoms with Gasteiger partial charge in [0.25, 0.3) is 0 Å². The van der Waals surface area contributed by atoms with Gasteiger partial charge in [-0.25, -0.2) is 4.98 Å². The first-order valence-corrected chi connectivity index (χ1v) is 13.1. The normalized spacial score (nSPS) is 14.1. The van der Waals surface area contributed by atoms with Crippen molar-refractivity contribution in [2.45, 2.75) is 72.8 Å². The predicted molar refractivity (Wildman–Crippen MR) is 153 cm³/mol. The fourth-order valence-corrected chi connectivity index (χ4v) is 4.27. The zero-order chi connectivity index (χ0) is 25.6. The Balaban J connectivity index is 0.00000103. The van der Waals surface area contributed by atoms with E-state index in [0.29, 0.717) is 6.04 Å². The Morgan fingerprint density at radius 3 is 2.34 bits per heavy atom. The number of nitrogens with one attached hydrogen (secondary N) is 1. The average molecular weight is 474 g/mol. The van der Waals surface area contributed by atoms with Crippen LogP contribution in [0, 0.1) is 0 Å². The number of aryl methyl sites for hydroxylation is 1. The van der Waals surface area contributed by atoms with Crippen LogP contribution < -0.4 is 5.32 Å². The number of hydrogen-bond acceptors (Lipinski definition) is 4. The minimum absolute atomic E-state index is 0.480. The number of aromatic nitrogens is 3. The highest BCUT2D eigenvalue weighted by molar-refractivity contribution is 6.11. The van der Waals surface area contributed by atoms with Crippen molar-refractivity contribution in [1.82, 2.24) is 14.8 Å². The lowest BCUT2D eigenvalue weighted by Gasteiger charge is -2.25. The molecular weight excluding hydrogens is 430 g/mol. The summed E-state index contributed by atoms with van der Waals surface area (Å²) in [7, 11) is 3.75. The Morgan fingerprint density at radius 1 is 1.00 bits per heavy atom. The van der Waals surface area contributed by atoms with Gasteiger partial charge in [0.2, 0.25) is 0 Å². The molecule has 0 spiro atoms. The van der Waals surface area contributed by atoms with E-state index in [4.69, 9.17) is 4.98 Å². The van der Waals surface area contributed by atoms with Crippen LogP contribution in [0.15, 0.2) is 59.9 Å². The maximum Gasteiger partial charge on any atom is 0.134 e. The highest BCUT2D eigenvalue weighted by Crippen LogP contribution is 2.31. The fraction of sp³-hybridized carbons (Fsp3) is 0.433. The molecular formula is C30H43N5. The van der Waals surface area contributed by atoms with Crippen molar-refractivity contribution < 1.29 is 0 Å². The lowest BCUT2D eigenvalue weighted by Crippen LogP contribution is -2.23. The third-order valence-corrected chi connectivity index (χ3v) is 5.93. The summed E-state index contributed by atoms with van der Waals surface area (Å²) < 4.78 is 1.83. The molecule has 1 fully saturated rings. The smallest absolute Gasteiger partial charge is 0.134 e. The molecule has 2 aromatic heterocycles. The topological polar surface area (TPSA) is 55.1 Å². The van der Waals surface area contributed by atoms with Crippen LogP contribution >= 0.6 is 0 Å². The number of pyridine rings is 1. The van der Waals surface area contributed by atoms with E-state index in [0.717, 1.165) is 39.3 Å². The van der Waals surface area contributed by atoms with Crippen molar-refractivity contribution in [2.24, 2.45) is 12.0 Å². The van der Waals surface area contributed by atoms with Gasteiger partial charge in [0.15, 0.2) is 0 Å². The second-order valence-electron chi connectivity index (χ2n) is 8.19. The van der Waals surface area contributed by atoms with Crippen LogP contribution in [-0.4, -0.2) is 34.1 Å². The molecule has 35 heavy (non-hydrogen) atoms. The fourth-order valence-electron chi connectivity index (χ4n) is 4.27. The molecule has 1 N–H and O–H groups in total. The molecule has 0 amide bonds. The molecule has 0 unspecified atom stereocenters. The minimum atomic E-state index is 0.480. The quantitative estimate of drug-likeness (QED) is 0.368. The molecule has 1 aliphatic carbocycles. The number of anilines is 1. The molecule has 0 saturated heterocycles. The van der Waals surface area contributed by atoms with E-state index < -0.39 is 0 Å². The average Bonchev–Trinajstić information content (AvgIpc) is 3.37. The van der Waals surface area contributed by atoms with Gasteiger partial charge in [-0.05, 0) is 49.1 Å². The van der Waals surface area contributed by atoms with Crippen molar-refractivity contribution in [3.05, 3.63) is 60.4 Å². The summed E-state index contributed by atoms with van der Waals surface area (Å²) in [5.74, 6) is 0.948. The molecule has 0 atom stereocenters. The van der Waals surface area contributed by atoms with Crippen molar-refractivity contribution in [1.29, 1.82) is 0 Å². The zero-order valence-corrected chi connectivity index (χ0v) is 22.7.